The van der Waals surface area contributed by atoms with E-state index < -0.39 is 0 Å². The summed E-state index contributed by atoms with van der Waals surface area (Å²) < 4.78 is 0. The monoisotopic (exact) mass is 253 g/mol. The summed E-state index contributed by atoms with van der Waals surface area (Å²) in [5.41, 5.74) is 0.808. The largest absolute Gasteiger partial charge is 0.316 e. The maximum absolute atomic E-state index is 11.8. The first kappa shape index (κ1) is 13.7. The molecule has 0 saturated carbocycles. The smallest absolute Gasteiger partial charge is 0.226 e. The lowest BCUT2D eigenvalue weighted by molar-refractivity contribution is -0.119. The predicted octanol–water partition coefficient (Wildman–Crippen LogP) is 3.06. The molecule has 1 rings (SSSR count). The van der Waals surface area contributed by atoms with Gasteiger partial charge in [0, 0.05) is 30.6 Å². The van der Waals surface area contributed by atoms with Crippen molar-refractivity contribution in [1.82, 2.24) is 0 Å². The van der Waals surface area contributed by atoms with Gasteiger partial charge in [0.25, 0.3) is 0 Å². The summed E-state index contributed by atoms with van der Waals surface area (Å²) in [6.07, 6.45) is 1.45. The van der Waals surface area contributed by atoms with Gasteiger partial charge in [-0.15, -0.1) is 0 Å². The number of carbonyl (C=O) groups excluding carboxylic acids is 2. The number of rotatable bonds is 5. The van der Waals surface area contributed by atoms with Crippen molar-refractivity contribution in [1.29, 1.82) is 0 Å². The Morgan fingerprint density at radius 2 is 1.76 bits per heavy atom. The minimum Gasteiger partial charge on any atom is -0.316 e. The minimum absolute atomic E-state index is 0.00794. The van der Waals surface area contributed by atoms with Crippen molar-refractivity contribution in [3.63, 3.8) is 0 Å². The van der Waals surface area contributed by atoms with Crippen LogP contribution in [-0.4, -0.2) is 18.7 Å². The zero-order valence-corrected chi connectivity index (χ0v) is 10.8. The van der Waals surface area contributed by atoms with E-state index in [2.05, 4.69) is 0 Å². The highest BCUT2D eigenvalue weighted by atomic mass is 35.5. The molecule has 0 aromatic heterocycles. The predicted molar refractivity (Wildman–Crippen MR) is 69.4 cm³/mol. The first-order chi connectivity index (χ1) is 8.00. The molecule has 0 atom stereocenters. The van der Waals surface area contributed by atoms with E-state index in [-0.39, 0.29) is 11.7 Å². The highest BCUT2D eigenvalue weighted by Crippen LogP contribution is 2.17. The second-order valence-electron chi connectivity index (χ2n) is 3.98. The van der Waals surface area contributed by atoms with E-state index in [4.69, 9.17) is 11.6 Å². The molecule has 92 valence electrons. The lowest BCUT2D eigenvalue weighted by Crippen LogP contribution is -2.25. The van der Waals surface area contributed by atoms with Crippen molar-refractivity contribution in [2.45, 2.75) is 26.2 Å². The summed E-state index contributed by atoms with van der Waals surface area (Å²) in [6, 6.07) is 7.09. The van der Waals surface area contributed by atoms with Crippen molar-refractivity contribution in [3.05, 3.63) is 29.3 Å². The number of ketones is 1. The van der Waals surface area contributed by atoms with Crippen molar-refractivity contribution >= 4 is 29.0 Å². The Hall–Kier alpha value is -1.35. The van der Waals surface area contributed by atoms with Gasteiger partial charge in [-0.2, -0.15) is 0 Å². The van der Waals surface area contributed by atoms with Crippen molar-refractivity contribution in [2.24, 2.45) is 0 Å². The fraction of sp³-hybridized carbons (Fsp3) is 0.385. The molecule has 0 radical (unpaired) electrons. The Labute approximate surface area is 106 Å². The molecular weight excluding hydrogens is 238 g/mol. The van der Waals surface area contributed by atoms with Gasteiger partial charge < -0.3 is 9.69 Å². The Kier molecular flexibility index (Phi) is 5.16. The molecule has 17 heavy (non-hydrogen) atoms. The number of carbonyl (C=O) groups is 2. The molecule has 0 heterocycles. The van der Waals surface area contributed by atoms with Gasteiger partial charge in [-0.25, -0.2) is 0 Å². The van der Waals surface area contributed by atoms with Gasteiger partial charge in [-0.3, -0.25) is 4.79 Å². The molecule has 0 aliphatic heterocycles. The Morgan fingerprint density at radius 3 is 2.29 bits per heavy atom. The van der Waals surface area contributed by atoms with Gasteiger partial charge in [0.05, 0.1) is 0 Å². The van der Waals surface area contributed by atoms with Gasteiger partial charge in [0.1, 0.15) is 5.78 Å². The van der Waals surface area contributed by atoms with Gasteiger partial charge >= 0.3 is 0 Å². The lowest BCUT2D eigenvalue weighted by Gasteiger charge is -2.17. The van der Waals surface area contributed by atoms with Gasteiger partial charge in [0.15, 0.2) is 0 Å². The maximum atomic E-state index is 11.8. The first-order valence-electron chi connectivity index (χ1n) is 5.52. The van der Waals surface area contributed by atoms with Gasteiger partial charge in [-0.1, -0.05) is 11.6 Å². The molecule has 0 fully saturated rings. The van der Waals surface area contributed by atoms with Crippen molar-refractivity contribution in [2.75, 3.05) is 11.9 Å². The van der Waals surface area contributed by atoms with Crippen molar-refractivity contribution < 1.29 is 9.59 Å². The SMILES string of the molecule is CC(=O)CCCC(=O)N(C)c1ccc(Cl)cc1. The Bertz CT molecular complexity index is 400. The topological polar surface area (TPSA) is 37.4 Å². The highest BCUT2D eigenvalue weighted by Gasteiger charge is 2.10. The summed E-state index contributed by atoms with van der Waals surface area (Å²) in [4.78, 5) is 24.1. The molecular formula is C13H16ClNO2. The third-order valence-corrected chi connectivity index (χ3v) is 2.76. The summed E-state index contributed by atoms with van der Waals surface area (Å²) in [6.45, 7) is 1.54. The number of halogens is 1. The van der Waals surface area contributed by atoms with Gasteiger partial charge in [-0.05, 0) is 37.6 Å². The Balaban J connectivity index is 2.51. The van der Waals surface area contributed by atoms with Crippen LogP contribution in [0.1, 0.15) is 26.2 Å². The van der Waals surface area contributed by atoms with E-state index in [1.807, 2.05) is 0 Å². The molecule has 0 N–H and O–H groups in total. The van der Waals surface area contributed by atoms with Crippen LogP contribution in [0, 0.1) is 0 Å². The molecule has 0 aliphatic carbocycles. The van der Waals surface area contributed by atoms with Crippen LogP contribution >= 0.6 is 11.6 Å². The first-order valence-corrected chi connectivity index (χ1v) is 5.90. The molecule has 0 aliphatic rings. The average molecular weight is 254 g/mol. The number of anilines is 1. The fourth-order valence-corrected chi connectivity index (χ4v) is 1.59. The van der Waals surface area contributed by atoms with Crippen LogP contribution in [0.15, 0.2) is 24.3 Å². The number of hydrogen-bond acceptors (Lipinski definition) is 2. The lowest BCUT2D eigenvalue weighted by atomic mass is 10.1. The number of benzene rings is 1. The zero-order valence-electron chi connectivity index (χ0n) is 10.1. The van der Waals surface area contributed by atoms with E-state index in [1.165, 1.54) is 6.92 Å². The minimum atomic E-state index is 0.00794. The fourth-order valence-electron chi connectivity index (χ4n) is 1.46. The van der Waals surface area contributed by atoms with E-state index in [1.54, 1.807) is 36.2 Å². The average Bonchev–Trinajstić information content (AvgIpc) is 2.28. The van der Waals surface area contributed by atoms with Crippen LogP contribution in [0.2, 0.25) is 5.02 Å². The second kappa shape index (κ2) is 6.40. The van der Waals surface area contributed by atoms with E-state index in [0.29, 0.717) is 24.3 Å². The number of amides is 1. The van der Waals surface area contributed by atoms with Crippen LogP contribution in [0.5, 0.6) is 0 Å². The van der Waals surface area contributed by atoms with Crippen LogP contribution in [0.4, 0.5) is 5.69 Å². The zero-order chi connectivity index (χ0) is 12.8. The normalized spacial score (nSPS) is 10.1. The number of hydrogen-bond donors (Lipinski definition) is 0. The third-order valence-electron chi connectivity index (χ3n) is 2.51. The second-order valence-corrected chi connectivity index (χ2v) is 4.42. The molecule has 0 spiro atoms. The van der Waals surface area contributed by atoms with Crippen molar-refractivity contribution in [3.8, 4) is 0 Å². The third kappa shape index (κ3) is 4.57. The molecule has 1 aromatic carbocycles. The molecule has 0 bridgehead atoms. The van der Waals surface area contributed by atoms with E-state index >= 15 is 0 Å². The number of Topliss-reactive ketones (excluding diaryl/α,β-unsaturated/α-hetero) is 1. The van der Waals surface area contributed by atoms with E-state index in [9.17, 15) is 9.59 Å². The molecule has 0 saturated heterocycles. The van der Waals surface area contributed by atoms with Gasteiger partial charge in [0.2, 0.25) is 5.91 Å². The highest BCUT2D eigenvalue weighted by molar-refractivity contribution is 6.30. The van der Waals surface area contributed by atoms with Crippen LogP contribution in [0.25, 0.3) is 0 Å². The van der Waals surface area contributed by atoms with Crippen LogP contribution in [0.3, 0.4) is 0 Å². The number of nitrogens with zero attached hydrogens (tertiary/aromatic N) is 1. The quantitative estimate of drug-likeness (QED) is 0.809. The summed E-state index contributed by atoms with van der Waals surface area (Å²) in [5.74, 6) is 0.125. The van der Waals surface area contributed by atoms with Crippen LogP contribution < -0.4 is 4.90 Å². The molecule has 1 aromatic rings. The molecule has 4 heteroatoms. The standard InChI is InChI=1S/C13H16ClNO2/c1-10(16)4-3-5-13(17)15(2)12-8-6-11(14)7-9-12/h6-9H,3-5H2,1-2H3. The maximum Gasteiger partial charge on any atom is 0.226 e. The summed E-state index contributed by atoms with van der Waals surface area (Å²) >= 11 is 5.77. The molecule has 3 nitrogen and oxygen atoms in total. The summed E-state index contributed by atoms with van der Waals surface area (Å²) in [7, 11) is 1.72. The Morgan fingerprint density at radius 1 is 1.18 bits per heavy atom. The van der Waals surface area contributed by atoms with E-state index in [0.717, 1.165) is 5.69 Å². The van der Waals surface area contributed by atoms with Crippen LogP contribution in [-0.2, 0) is 9.59 Å². The molecule has 0 unspecified atom stereocenters. The molecule has 1 amide bonds. The summed E-state index contributed by atoms with van der Waals surface area (Å²) in [5, 5.41) is 0.645.